The van der Waals surface area contributed by atoms with Crippen molar-refractivity contribution in [2.45, 2.75) is 84.7 Å². The van der Waals surface area contributed by atoms with Crippen molar-refractivity contribution in [2.75, 3.05) is 0 Å². The maximum Gasteiger partial charge on any atom is 2.00 e. The number of hydrogen-bond acceptors (Lipinski definition) is 4. The Morgan fingerprint density at radius 2 is 1.00 bits per heavy atom. The molecule has 2 aromatic rings. The number of para-hydroxylation sites is 2. The van der Waals surface area contributed by atoms with Gasteiger partial charge in [0, 0.05) is 0 Å². The van der Waals surface area contributed by atoms with Gasteiger partial charge in [-0.25, -0.2) is 0 Å². The molecule has 7 heteroatoms. The molecule has 4 nitrogen and oxygen atoms in total. The van der Waals surface area contributed by atoms with Crippen molar-refractivity contribution < 1.29 is 29.7 Å². The first-order valence-corrected chi connectivity index (χ1v) is 13.8. The maximum atomic E-state index is 11.7. The van der Waals surface area contributed by atoms with Crippen LogP contribution in [0.4, 0.5) is 0 Å². The predicted octanol–water partition coefficient (Wildman–Crippen LogP) is 6.38. The van der Waals surface area contributed by atoms with E-state index in [-0.39, 0.29) is 41.7 Å². The van der Waals surface area contributed by atoms with Crippen LogP contribution in [0.5, 0.6) is 11.5 Å². The van der Waals surface area contributed by atoms with Crippen LogP contribution in [0.1, 0.15) is 73.2 Å². The zero-order valence-corrected chi connectivity index (χ0v) is 23.6. The summed E-state index contributed by atoms with van der Waals surface area (Å²) >= 11 is 3.79. The van der Waals surface area contributed by atoms with Crippen molar-refractivity contribution in [2.24, 2.45) is 0 Å². The van der Waals surface area contributed by atoms with Gasteiger partial charge in [-0.15, -0.1) is 23.6 Å². The third-order valence-electron chi connectivity index (χ3n) is 6.97. The van der Waals surface area contributed by atoms with E-state index in [1.54, 1.807) is 24.3 Å². The van der Waals surface area contributed by atoms with Crippen molar-refractivity contribution in [3.05, 3.63) is 70.3 Å². The fourth-order valence-corrected chi connectivity index (χ4v) is 8.42. The zero-order valence-electron chi connectivity index (χ0n) is 19.0. The van der Waals surface area contributed by atoms with E-state index in [0.717, 1.165) is 11.1 Å². The second-order valence-electron chi connectivity index (χ2n) is 9.13. The summed E-state index contributed by atoms with van der Waals surface area (Å²) in [6, 6.07) is 15.6. The molecule has 0 aromatic heterocycles. The van der Waals surface area contributed by atoms with Crippen LogP contribution in [0.25, 0.3) is 10.6 Å². The molecule has 4 aliphatic rings. The minimum atomic E-state index is 0. The van der Waals surface area contributed by atoms with Gasteiger partial charge in [0.1, 0.15) is 0 Å². The van der Waals surface area contributed by atoms with Gasteiger partial charge in [0.25, 0.3) is 0 Å². The number of nitrogens with zero attached hydrogens (tertiary/aromatic N) is 2. The molecule has 6 unspecified atom stereocenters. The average molecular weight is 532 g/mol. The normalized spacial score (nSPS) is 32.6. The van der Waals surface area contributed by atoms with Crippen LogP contribution in [0.15, 0.2) is 48.5 Å². The molecule has 2 saturated heterocycles. The Bertz CT molecular complexity index is 816. The Kier molecular flexibility index (Phi) is 9.08. The molecule has 33 heavy (non-hydrogen) atoms. The van der Waals surface area contributed by atoms with Crippen LogP contribution in [0.3, 0.4) is 0 Å². The quantitative estimate of drug-likeness (QED) is 0.421. The first-order chi connectivity index (χ1) is 15.7. The average Bonchev–Trinajstić information content (AvgIpc) is 3.44. The van der Waals surface area contributed by atoms with Gasteiger partial charge in [-0.05, 0) is 23.3 Å². The third kappa shape index (κ3) is 5.93. The Morgan fingerprint density at radius 3 is 1.39 bits per heavy atom. The van der Waals surface area contributed by atoms with Crippen LogP contribution < -0.4 is 10.2 Å². The van der Waals surface area contributed by atoms with Gasteiger partial charge < -0.3 is 20.8 Å². The van der Waals surface area contributed by atoms with Gasteiger partial charge in [-0.2, -0.15) is 23.5 Å². The fourth-order valence-electron chi connectivity index (χ4n) is 5.24. The van der Waals surface area contributed by atoms with Crippen LogP contribution in [-0.2, 0) is 19.5 Å². The van der Waals surface area contributed by atoms with E-state index in [0.29, 0.717) is 22.6 Å². The van der Waals surface area contributed by atoms with Gasteiger partial charge in [0.05, 0.1) is 0 Å². The molecule has 0 bridgehead atoms. The molecule has 2 heterocycles. The van der Waals surface area contributed by atoms with Crippen LogP contribution in [-0.4, -0.2) is 22.6 Å². The molecular formula is C26H30N2O2S2Zn-2. The second kappa shape index (κ2) is 11.8. The van der Waals surface area contributed by atoms with Gasteiger partial charge >= 0.3 is 19.5 Å². The molecule has 6 atom stereocenters. The van der Waals surface area contributed by atoms with Crippen molar-refractivity contribution in [3.8, 4) is 11.5 Å². The zero-order chi connectivity index (χ0) is 21.9. The molecule has 2 aliphatic carbocycles. The van der Waals surface area contributed by atoms with Crippen molar-refractivity contribution in [1.82, 2.24) is 0 Å². The van der Waals surface area contributed by atoms with E-state index in [1.807, 2.05) is 47.8 Å². The standard InChI is InChI=1S/2C13H16NOS.Zn/c2*15-11-7-3-1-5-9(11)13-14-10-6-2-4-8-12(10)16-13;/h2*1,3,5,7,10,12-13,15H,2,4,6,8H2;/q2*-1;+2/p-2. The monoisotopic (exact) mass is 530 g/mol. The molecule has 0 N–H and O–H groups in total. The summed E-state index contributed by atoms with van der Waals surface area (Å²) in [5.41, 5.74) is 1.75. The molecule has 2 saturated carbocycles. The summed E-state index contributed by atoms with van der Waals surface area (Å²) in [5, 5.41) is 34.6. The van der Waals surface area contributed by atoms with Crippen LogP contribution >= 0.6 is 23.5 Å². The summed E-state index contributed by atoms with van der Waals surface area (Å²) in [6.07, 6.45) is 10.2. The van der Waals surface area contributed by atoms with E-state index in [2.05, 4.69) is 0 Å². The van der Waals surface area contributed by atoms with Gasteiger partial charge in [0.15, 0.2) is 0 Å². The fraction of sp³-hybridized carbons (Fsp3) is 0.538. The topological polar surface area (TPSA) is 74.3 Å². The maximum absolute atomic E-state index is 11.7. The largest absolute Gasteiger partial charge is 2.00 e. The summed E-state index contributed by atoms with van der Waals surface area (Å²) in [4.78, 5) is 0. The van der Waals surface area contributed by atoms with E-state index < -0.39 is 0 Å². The summed E-state index contributed by atoms with van der Waals surface area (Å²) in [6.45, 7) is 0. The third-order valence-corrected chi connectivity index (χ3v) is 10.0. The molecule has 0 amide bonds. The Hall–Kier alpha value is -0.717. The van der Waals surface area contributed by atoms with E-state index in [4.69, 9.17) is 10.6 Å². The number of hydrogen-bond donors (Lipinski definition) is 0. The van der Waals surface area contributed by atoms with Gasteiger partial charge in [0.2, 0.25) is 0 Å². The molecule has 0 radical (unpaired) electrons. The number of fused-ring (bicyclic) bond motifs is 2. The van der Waals surface area contributed by atoms with E-state index in [9.17, 15) is 10.2 Å². The number of thioether (sulfide) groups is 2. The van der Waals surface area contributed by atoms with Crippen molar-refractivity contribution >= 4 is 23.5 Å². The smallest absolute Gasteiger partial charge is 0.872 e. The number of rotatable bonds is 2. The molecule has 6 rings (SSSR count). The SMILES string of the molecule is [O-]c1ccccc1C1[N-]C2CCCCC2S1.[O-]c1ccccc1C1[N-]C2CCCCC2S1.[Zn+2]. The van der Waals surface area contributed by atoms with Crippen molar-refractivity contribution in [1.29, 1.82) is 0 Å². The Balaban J connectivity index is 0.000000152. The predicted molar refractivity (Wildman–Crippen MR) is 131 cm³/mol. The second-order valence-corrected chi connectivity index (χ2v) is 11.8. The van der Waals surface area contributed by atoms with Crippen LogP contribution in [0.2, 0.25) is 0 Å². The Labute approximate surface area is 218 Å². The number of benzene rings is 2. The molecule has 4 fully saturated rings. The molecule has 172 valence electrons. The van der Waals surface area contributed by atoms with Gasteiger partial charge in [-0.3, -0.25) is 0 Å². The molecule has 2 aliphatic heterocycles. The summed E-state index contributed by atoms with van der Waals surface area (Å²) in [5.74, 6) is 0.282. The minimum absolute atomic E-state index is 0. The van der Waals surface area contributed by atoms with Crippen molar-refractivity contribution in [3.63, 3.8) is 0 Å². The first kappa shape index (κ1) is 25.4. The van der Waals surface area contributed by atoms with Gasteiger partial charge in [-0.1, -0.05) is 109 Å². The first-order valence-electron chi connectivity index (χ1n) is 11.9. The van der Waals surface area contributed by atoms with Crippen LogP contribution in [0, 0.1) is 0 Å². The molecule has 0 spiro atoms. The minimum Gasteiger partial charge on any atom is -0.872 e. The van der Waals surface area contributed by atoms with E-state index >= 15 is 0 Å². The molecule has 2 aromatic carbocycles. The van der Waals surface area contributed by atoms with E-state index in [1.165, 1.54) is 51.4 Å². The summed E-state index contributed by atoms with van der Waals surface area (Å²) < 4.78 is 0. The summed E-state index contributed by atoms with van der Waals surface area (Å²) in [7, 11) is 0. The Morgan fingerprint density at radius 1 is 0.606 bits per heavy atom. The molecular weight excluding hydrogens is 502 g/mol.